The summed E-state index contributed by atoms with van der Waals surface area (Å²) in [6, 6.07) is 0. The van der Waals surface area contributed by atoms with Crippen LogP contribution >= 0.6 is 0 Å². The fourth-order valence-corrected chi connectivity index (χ4v) is 0.999. The molecule has 5 heteroatoms. The smallest absolute Gasteiger partial charge is 0.404 e. The molecule has 0 aromatic rings. The summed E-state index contributed by atoms with van der Waals surface area (Å²) < 4.78 is 9.44. The zero-order chi connectivity index (χ0) is 12.6. The first-order chi connectivity index (χ1) is 7.37. The lowest BCUT2D eigenvalue weighted by molar-refractivity contribution is -0.142. The predicted molar refractivity (Wildman–Crippen MR) is 59.7 cm³/mol. The third kappa shape index (κ3) is 7.84. The number of carbonyl (C=O) groups is 2. The molecular formula is C11H19NO4. The van der Waals surface area contributed by atoms with Crippen molar-refractivity contribution in [2.45, 2.75) is 27.2 Å². The van der Waals surface area contributed by atoms with Crippen molar-refractivity contribution in [2.75, 3.05) is 13.2 Å². The van der Waals surface area contributed by atoms with E-state index in [-0.39, 0.29) is 24.4 Å². The van der Waals surface area contributed by atoms with E-state index in [2.05, 4.69) is 4.74 Å². The molecule has 0 rings (SSSR count). The number of hydrogen-bond donors (Lipinski definition) is 1. The van der Waals surface area contributed by atoms with Gasteiger partial charge in [-0.15, -0.1) is 0 Å². The van der Waals surface area contributed by atoms with Gasteiger partial charge in [0.2, 0.25) is 0 Å². The van der Waals surface area contributed by atoms with Crippen molar-refractivity contribution in [1.29, 1.82) is 0 Å². The molecule has 0 spiro atoms. The van der Waals surface area contributed by atoms with Crippen LogP contribution in [0.15, 0.2) is 12.2 Å². The molecule has 0 atom stereocenters. The minimum Gasteiger partial charge on any atom is -0.466 e. The van der Waals surface area contributed by atoms with Gasteiger partial charge in [0.05, 0.1) is 13.0 Å². The van der Waals surface area contributed by atoms with Gasteiger partial charge in [-0.05, 0) is 6.92 Å². The van der Waals surface area contributed by atoms with Gasteiger partial charge in [0.15, 0.2) is 0 Å². The summed E-state index contributed by atoms with van der Waals surface area (Å²) in [6.07, 6.45) is 2.91. The first-order valence-electron chi connectivity index (χ1n) is 5.13. The summed E-state index contributed by atoms with van der Waals surface area (Å²) in [7, 11) is 0. The van der Waals surface area contributed by atoms with E-state index in [1.54, 1.807) is 19.1 Å². The quantitative estimate of drug-likeness (QED) is 0.554. The van der Waals surface area contributed by atoms with Gasteiger partial charge in [-0.2, -0.15) is 0 Å². The predicted octanol–water partition coefficient (Wildman–Crippen LogP) is 1.62. The van der Waals surface area contributed by atoms with Crippen molar-refractivity contribution < 1.29 is 19.1 Å². The van der Waals surface area contributed by atoms with Crippen LogP contribution in [0.1, 0.15) is 27.2 Å². The van der Waals surface area contributed by atoms with Crippen molar-refractivity contribution >= 4 is 12.1 Å². The van der Waals surface area contributed by atoms with Gasteiger partial charge in [0, 0.05) is 5.41 Å². The average molecular weight is 229 g/mol. The standard InChI is InChI=1S/C11H19NO4/c1-4-15-9(13)6-5-7-11(2,3)8-16-10(12)14/h5,7H,4,6,8H2,1-3H3,(H2,12,14)/b7-5+. The van der Waals surface area contributed by atoms with Crippen LogP contribution < -0.4 is 5.73 Å². The summed E-state index contributed by atoms with van der Waals surface area (Å²) in [5.74, 6) is -0.273. The Kier molecular flexibility index (Phi) is 6.22. The molecule has 0 aliphatic rings. The van der Waals surface area contributed by atoms with Gasteiger partial charge >= 0.3 is 12.1 Å². The van der Waals surface area contributed by atoms with E-state index < -0.39 is 6.09 Å². The minimum absolute atomic E-state index is 0.182. The summed E-state index contributed by atoms with van der Waals surface area (Å²) in [6.45, 7) is 6.06. The fourth-order valence-electron chi connectivity index (χ4n) is 0.999. The van der Waals surface area contributed by atoms with Crippen molar-refractivity contribution in [3.8, 4) is 0 Å². The number of esters is 1. The molecule has 16 heavy (non-hydrogen) atoms. The molecule has 0 bridgehead atoms. The van der Waals surface area contributed by atoms with Crippen LogP contribution in [0.25, 0.3) is 0 Å². The molecule has 0 saturated heterocycles. The molecule has 0 unspecified atom stereocenters. The summed E-state index contributed by atoms with van der Waals surface area (Å²) in [4.78, 5) is 21.4. The first-order valence-corrected chi connectivity index (χ1v) is 5.13. The van der Waals surface area contributed by atoms with E-state index in [4.69, 9.17) is 10.5 Å². The minimum atomic E-state index is -0.799. The van der Waals surface area contributed by atoms with Gasteiger partial charge in [0.25, 0.3) is 0 Å². The summed E-state index contributed by atoms with van der Waals surface area (Å²) >= 11 is 0. The van der Waals surface area contributed by atoms with E-state index in [1.165, 1.54) is 0 Å². The maximum atomic E-state index is 11.0. The first kappa shape index (κ1) is 14.5. The maximum absolute atomic E-state index is 11.0. The SMILES string of the molecule is CCOC(=O)C/C=C/C(C)(C)COC(N)=O. The Morgan fingerprint density at radius 3 is 2.44 bits per heavy atom. The van der Waals surface area contributed by atoms with E-state index >= 15 is 0 Å². The Balaban J connectivity index is 3.99. The largest absolute Gasteiger partial charge is 0.466 e. The van der Waals surface area contributed by atoms with Gasteiger partial charge in [-0.25, -0.2) is 4.79 Å². The van der Waals surface area contributed by atoms with Crippen LogP contribution in [0.5, 0.6) is 0 Å². The zero-order valence-corrected chi connectivity index (χ0v) is 9.99. The Bertz CT molecular complexity index is 271. The number of primary amides is 1. The summed E-state index contributed by atoms with van der Waals surface area (Å²) in [5, 5.41) is 0. The zero-order valence-electron chi connectivity index (χ0n) is 9.99. The highest BCUT2D eigenvalue weighted by atomic mass is 16.5. The van der Waals surface area contributed by atoms with Crippen molar-refractivity contribution in [1.82, 2.24) is 0 Å². The number of rotatable bonds is 6. The Morgan fingerprint density at radius 1 is 1.31 bits per heavy atom. The molecule has 5 nitrogen and oxygen atoms in total. The fraction of sp³-hybridized carbons (Fsp3) is 0.636. The van der Waals surface area contributed by atoms with Crippen LogP contribution in [-0.4, -0.2) is 25.3 Å². The molecule has 0 aliphatic carbocycles. The molecule has 0 fully saturated rings. The molecule has 0 aromatic heterocycles. The third-order valence-electron chi connectivity index (χ3n) is 1.75. The topological polar surface area (TPSA) is 78.6 Å². The van der Waals surface area contributed by atoms with Crippen LogP contribution in [0.3, 0.4) is 0 Å². The highest BCUT2D eigenvalue weighted by Crippen LogP contribution is 2.17. The molecule has 0 aromatic carbocycles. The van der Waals surface area contributed by atoms with E-state index in [9.17, 15) is 9.59 Å². The second-order valence-electron chi connectivity index (χ2n) is 4.01. The number of nitrogens with two attached hydrogens (primary N) is 1. The van der Waals surface area contributed by atoms with Gasteiger partial charge in [0.1, 0.15) is 6.61 Å². The van der Waals surface area contributed by atoms with Crippen LogP contribution in [-0.2, 0) is 14.3 Å². The number of amides is 1. The van der Waals surface area contributed by atoms with Gasteiger partial charge in [-0.3, -0.25) is 4.79 Å². The lowest BCUT2D eigenvalue weighted by Crippen LogP contribution is -2.23. The number of carbonyl (C=O) groups excluding carboxylic acids is 2. The Hall–Kier alpha value is -1.52. The molecule has 92 valence electrons. The molecule has 1 amide bonds. The highest BCUT2D eigenvalue weighted by molar-refractivity contribution is 5.71. The lowest BCUT2D eigenvalue weighted by Gasteiger charge is -2.18. The van der Waals surface area contributed by atoms with Crippen LogP contribution in [0.2, 0.25) is 0 Å². The molecule has 2 N–H and O–H groups in total. The monoisotopic (exact) mass is 229 g/mol. The second-order valence-corrected chi connectivity index (χ2v) is 4.01. The molecular weight excluding hydrogens is 210 g/mol. The van der Waals surface area contributed by atoms with E-state index in [0.29, 0.717) is 6.61 Å². The lowest BCUT2D eigenvalue weighted by atomic mass is 9.94. The van der Waals surface area contributed by atoms with Crippen LogP contribution in [0.4, 0.5) is 4.79 Å². The second kappa shape index (κ2) is 6.87. The van der Waals surface area contributed by atoms with Crippen molar-refractivity contribution in [2.24, 2.45) is 11.1 Å². The molecule has 0 saturated carbocycles. The third-order valence-corrected chi connectivity index (χ3v) is 1.75. The van der Waals surface area contributed by atoms with Crippen LogP contribution in [0, 0.1) is 5.41 Å². The van der Waals surface area contributed by atoms with Crippen molar-refractivity contribution in [3.63, 3.8) is 0 Å². The Labute approximate surface area is 95.6 Å². The number of hydrogen-bond acceptors (Lipinski definition) is 4. The molecule has 0 radical (unpaired) electrons. The maximum Gasteiger partial charge on any atom is 0.404 e. The summed E-state index contributed by atoms with van der Waals surface area (Å²) in [5.41, 5.74) is 4.51. The van der Waals surface area contributed by atoms with Gasteiger partial charge in [-0.1, -0.05) is 26.0 Å². The average Bonchev–Trinajstić information content (AvgIpc) is 2.15. The molecule has 0 heterocycles. The van der Waals surface area contributed by atoms with Crippen molar-refractivity contribution in [3.05, 3.63) is 12.2 Å². The normalized spacial score (nSPS) is 11.4. The number of ether oxygens (including phenoxy) is 2. The van der Waals surface area contributed by atoms with Gasteiger partial charge < -0.3 is 15.2 Å². The highest BCUT2D eigenvalue weighted by Gasteiger charge is 2.15. The van der Waals surface area contributed by atoms with E-state index in [1.807, 2.05) is 13.8 Å². The molecule has 0 aliphatic heterocycles. The van der Waals surface area contributed by atoms with E-state index in [0.717, 1.165) is 0 Å². The Morgan fingerprint density at radius 2 is 1.94 bits per heavy atom.